The average molecular weight is 150 g/mol. The third-order valence-electron chi connectivity index (χ3n) is 0.724. The quantitative estimate of drug-likeness (QED) is 0.387. The first-order valence-electron chi connectivity index (χ1n) is 2.74. The van der Waals surface area contributed by atoms with Crippen LogP contribution in [0, 0.1) is 11.3 Å². The molecule has 2 amide bonds. The van der Waals surface area contributed by atoms with Crippen LogP contribution in [0.4, 0.5) is 0 Å². The zero-order valence-electron chi connectivity index (χ0n) is 5.70. The minimum absolute atomic E-state index is 0.329. The zero-order valence-corrected chi connectivity index (χ0v) is 5.70. The molecule has 56 valence electrons. The number of allylic oxidation sites excluding steroid dienone is 1. The van der Waals surface area contributed by atoms with Gasteiger partial charge < -0.3 is 0 Å². The molecule has 0 saturated carbocycles. The molecule has 0 radical (unpaired) electrons. The van der Waals surface area contributed by atoms with Gasteiger partial charge in [-0.3, -0.25) is 14.9 Å². The smallest absolute Gasteiger partial charge is 0.250 e. The Morgan fingerprint density at radius 2 is 1.82 bits per heavy atom. The summed E-state index contributed by atoms with van der Waals surface area (Å²) in [5.41, 5.74) is 0. The number of amides is 2. The molecular weight excluding hydrogens is 144 g/mol. The van der Waals surface area contributed by atoms with Gasteiger partial charge in [-0.15, -0.1) is 0 Å². The average Bonchev–Trinajstić information content (AvgIpc) is 2.35. The van der Waals surface area contributed by atoms with Crippen LogP contribution in [0.1, 0.15) is 0 Å². The van der Waals surface area contributed by atoms with E-state index in [2.05, 4.69) is 6.58 Å². The van der Waals surface area contributed by atoms with Crippen molar-refractivity contribution in [2.75, 3.05) is 0 Å². The van der Waals surface area contributed by atoms with E-state index in [1.165, 1.54) is 18.2 Å². The summed E-state index contributed by atoms with van der Waals surface area (Å²) in [6.45, 7) is 3.12. The Bertz CT molecular complexity index is 232. The Labute approximate surface area is 63.8 Å². The van der Waals surface area contributed by atoms with Crippen LogP contribution in [-0.4, -0.2) is 11.8 Å². The molecule has 0 aromatic rings. The second-order valence-corrected chi connectivity index (χ2v) is 1.52. The number of nitrogens with one attached hydrogen (secondary N) is 1. The summed E-state index contributed by atoms with van der Waals surface area (Å²) in [6, 6.07) is 1.69. The molecule has 4 heteroatoms. The highest BCUT2D eigenvalue weighted by Crippen LogP contribution is 1.82. The van der Waals surface area contributed by atoms with Crippen LogP contribution in [0.15, 0.2) is 24.8 Å². The van der Waals surface area contributed by atoms with E-state index in [4.69, 9.17) is 5.26 Å². The zero-order chi connectivity index (χ0) is 8.69. The Kier molecular flexibility index (Phi) is 4.09. The lowest BCUT2D eigenvalue weighted by Gasteiger charge is -1.80. The lowest BCUT2D eigenvalue weighted by atomic mass is 10.6. The van der Waals surface area contributed by atoms with Gasteiger partial charge in [-0.1, -0.05) is 6.58 Å². The van der Waals surface area contributed by atoms with Crippen LogP contribution in [0.2, 0.25) is 0 Å². The minimum atomic E-state index is -0.329. The molecule has 1 aliphatic heterocycles. The molecular formula is C7H6N2O2. The van der Waals surface area contributed by atoms with E-state index in [1.54, 1.807) is 6.07 Å². The van der Waals surface area contributed by atoms with E-state index in [9.17, 15) is 9.59 Å². The van der Waals surface area contributed by atoms with Gasteiger partial charge in [0.25, 0.3) is 11.8 Å². The van der Waals surface area contributed by atoms with Gasteiger partial charge in [-0.2, -0.15) is 5.26 Å². The molecule has 0 fully saturated rings. The molecule has 0 bridgehead atoms. The Morgan fingerprint density at radius 1 is 1.45 bits per heavy atom. The molecule has 11 heavy (non-hydrogen) atoms. The highest BCUT2D eigenvalue weighted by molar-refractivity contribution is 6.12. The monoisotopic (exact) mass is 150 g/mol. The summed E-state index contributed by atoms with van der Waals surface area (Å²) < 4.78 is 0. The number of nitrogens with zero attached hydrogens (tertiary/aromatic N) is 1. The van der Waals surface area contributed by atoms with Crippen LogP contribution >= 0.6 is 0 Å². The van der Waals surface area contributed by atoms with Gasteiger partial charge in [0, 0.05) is 18.2 Å². The van der Waals surface area contributed by atoms with Crippen molar-refractivity contribution in [2.45, 2.75) is 0 Å². The first kappa shape index (κ1) is 9.11. The van der Waals surface area contributed by atoms with Gasteiger partial charge >= 0.3 is 0 Å². The van der Waals surface area contributed by atoms with E-state index in [1.807, 2.05) is 5.32 Å². The predicted octanol–water partition coefficient (Wildman–Crippen LogP) is -0.105. The van der Waals surface area contributed by atoms with Gasteiger partial charge in [-0.05, 0) is 0 Å². The molecule has 1 aliphatic rings. The normalized spacial score (nSPS) is 12.6. The summed E-state index contributed by atoms with van der Waals surface area (Å²) in [4.78, 5) is 20.1. The first-order valence-corrected chi connectivity index (χ1v) is 2.74. The number of nitriles is 1. The van der Waals surface area contributed by atoms with Crippen LogP contribution in [-0.2, 0) is 9.59 Å². The van der Waals surface area contributed by atoms with Crippen molar-refractivity contribution in [1.29, 1.82) is 5.26 Å². The molecule has 1 N–H and O–H groups in total. The fraction of sp³-hybridized carbons (Fsp3) is 0. The summed E-state index contributed by atoms with van der Waals surface area (Å²) in [5, 5.41) is 9.53. The van der Waals surface area contributed by atoms with E-state index >= 15 is 0 Å². The van der Waals surface area contributed by atoms with Crippen LogP contribution in [0.5, 0.6) is 0 Å². The standard InChI is InChI=1S/C4H3NO2.C3H3N/c6-3-1-2-4(7)5-3;1-2-3-4/h1-2H,(H,5,6,7);2H,1H2. The van der Waals surface area contributed by atoms with Crippen molar-refractivity contribution in [1.82, 2.24) is 5.32 Å². The Hall–Kier alpha value is -1.89. The molecule has 0 aromatic carbocycles. The van der Waals surface area contributed by atoms with Gasteiger partial charge in [0.1, 0.15) is 0 Å². The van der Waals surface area contributed by atoms with Crippen molar-refractivity contribution in [3.8, 4) is 6.07 Å². The van der Waals surface area contributed by atoms with Crippen molar-refractivity contribution in [3.63, 3.8) is 0 Å². The van der Waals surface area contributed by atoms with Crippen molar-refractivity contribution in [2.24, 2.45) is 0 Å². The van der Waals surface area contributed by atoms with Gasteiger partial charge in [-0.25, -0.2) is 0 Å². The lowest BCUT2D eigenvalue weighted by molar-refractivity contribution is -0.123. The highest BCUT2D eigenvalue weighted by Gasteiger charge is 2.06. The second kappa shape index (κ2) is 4.94. The van der Waals surface area contributed by atoms with Crippen molar-refractivity contribution >= 4 is 11.8 Å². The van der Waals surface area contributed by atoms with E-state index in [-0.39, 0.29) is 11.8 Å². The third kappa shape index (κ3) is 4.60. The Morgan fingerprint density at radius 3 is 1.91 bits per heavy atom. The number of carbonyl (C=O) groups is 2. The van der Waals surface area contributed by atoms with Crippen LogP contribution in [0.25, 0.3) is 0 Å². The van der Waals surface area contributed by atoms with Crippen LogP contribution in [0.3, 0.4) is 0 Å². The summed E-state index contributed by atoms with van der Waals surface area (Å²) in [5.74, 6) is -0.657. The van der Waals surface area contributed by atoms with Gasteiger partial charge in [0.15, 0.2) is 0 Å². The summed E-state index contributed by atoms with van der Waals surface area (Å²) in [7, 11) is 0. The maximum absolute atomic E-state index is 10.0. The van der Waals surface area contributed by atoms with Crippen LogP contribution < -0.4 is 5.32 Å². The van der Waals surface area contributed by atoms with Gasteiger partial charge in [0.05, 0.1) is 6.07 Å². The number of carbonyl (C=O) groups excluding carboxylic acids is 2. The number of imide groups is 1. The molecule has 4 nitrogen and oxygen atoms in total. The molecule has 0 aliphatic carbocycles. The Balaban J connectivity index is 0.000000218. The molecule has 0 unspecified atom stereocenters. The number of hydrogen-bond acceptors (Lipinski definition) is 3. The fourth-order valence-electron chi connectivity index (χ4n) is 0.356. The van der Waals surface area contributed by atoms with E-state index in [0.717, 1.165) is 0 Å². The molecule has 0 aromatic heterocycles. The number of hydrogen-bond donors (Lipinski definition) is 1. The van der Waals surface area contributed by atoms with E-state index in [0.29, 0.717) is 0 Å². The highest BCUT2D eigenvalue weighted by atomic mass is 16.2. The lowest BCUT2D eigenvalue weighted by Crippen LogP contribution is -2.19. The molecule has 0 atom stereocenters. The SMILES string of the molecule is C=CC#N.O=C1C=CC(=O)N1. The first-order chi connectivity index (χ1) is 5.20. The fourth-order valence-corrected chi connectivity index (χ4v) is 0.356. The maximum atomic E-state index is 10.0. The molecule has 0 spiro atoms. The molecule has 1 rings (SSSR count). The van der Waals surface area contributed by atoms with E-state index < -0.39 is 0 Å². The summed E-state index contributed by atoms with van der Waals surface area (Å²) in [6.07, 6.45) is 3.57. The molecule has 1 heterocycles. The maximum Gasteiger partial charge on any atom is 0.250 e. The minimum Gasteiger partial charge on any atom is -0.289 e. The largest absolute Gasteiger partial charge is 0.289 e. The number of rotatable bonds is 0. The predicted molar refractivity (Wildman–Crippen MR) is 38.1 cm³/mol. The van der Waals surface area contributed by atoms with Crippen molar-refractivity contribution < 1.29 is 9.59 Å². The third-order valence-corrected chi connectivity index (χ3v) is 0.724. The second-order valence-electron chi connectivity index (χ2n) is 1.52. The summed E-state index contributed by atoms with van der Waals surface area (Å²) >= 11 is 0. The van der Waals surface area contributed by atoms with Gasteiger partial charge in [0.2, 0.25) is 0 Å². The molecule has 0 saturated heterocycles. The van der Waals surface area contributed by atoms with Crippen molar-refractivity contribution in [3.05, 3.63) is 24.8 Å². The topological polar surface area (TPSA) is 70.0 Å².